The number of hydrogen-bond donors (Lipinski definition) is 0. The molecule has 11 rings (SSSR count). The van der Waals surface area contributed by atoms with Crippen LogP contribution in [-0.2, 0) is 0 Å². The van der Waals surface area contributed by atoms with Gasteiger partial charge in [-0.05, 0) is 42.5 Å². The van der Waals surface area contributed by atoms with Crippen LogP contribution in [0.4, 0.5) is 0 Å². The lowest BCUT2D eigenvalue weighted by Crippen LogP contribution is -2.04. The average molecular weight is 627 g/mol. The van der Waals surface area contributed by atoms with E-state index >= 15 is 0 Å². The molecule has 49 heavy (non-hydrogen) atoms. The van der Waals surface area contributed by atoms with Gasteiger partial charge in [0.25, 0.3) is 0 Å². The van der Waals surface area contributed by atoms with E-state index in [0.717, 1.165) is 99.3 Å². The van der Waals surface area contributed by atoms with Crippen molar-refractivity contribution < 1.29 is 4.42 Å². The summed E-state index contributed by atoms with van der Waals surface area (Å²) < 4.78 is 11.6. The smallest absolute Gasteiger partial charge is 0.165 e. The minimum absolute atomic E-state index is 0.793. The van der Waals surface area contributed by atoms with E-state index in [2.05, 4.69) is 130 Å². The van der Waals surface area contributed by atoms with E-state index in [1.165, 1.54) is 0 Å². The van der Waals surface area contributed by atoms with E-state index in [1.807, 2.05) is 36.4 Å². The molecule has 7 aromatic carbocycles. The normalized spacial score (nSPS) is 12.1. The van der Waals surface area contributed by atoms with Crippen molar-refractivity contribution >= 4 is 76.6 Å². The van der Waals surface area contributed by atoms with Crippen LogP contribution in [0.5, 0.6) is 0 Å². The number of fused-ring (bicyclic) bond motifs is 13. The Morgan fingerprint density at radius 2 is 1.00 bits per heavy atom. The van der Waals surface area contributed by atoms with Gasteiger partial charge in [-0.25, -0.2) is 9.97 Å². The van der Waals surface area contributed by atoms with Gasteiger partial charge in [0.05, 0.1) is 33.1 Å². The fourth-order valence-electron chi connectivity index (χ4n) is 7.89. The third-order valence-corrected chi connectivity index (χ3v) is 9.87. The quantitative estimate of drug-likeness (QED) is 0.196. The highest BCUT2D eigenvalue weighted by molar-refractivity contribution is 6.39. The lowest BCUT2D eigenvalue weighted by molar-refractivity contribution is 0.671. The summed E-state index contributed by atoms with van der Waals surface area (Å²) >= 11 is 0. The van der Waals surface area contributed by atoms with Crippen molar-refractivity contribution in [3.63, 3.8) is 0 Å². The Hall–Kier alpha value is -6.72. The summed E-state index contributed by atoms with van der Waals surface area (Å²) in [6.45, 7) is 0. The highest BCUT2D eigenvalue weighted by atomic mass is 16.3. The fourth-order valence-corrected chi connectivity index (χ4v) is 7.89. The number of nitrogens with zero attached hydrogens (tertiary/aromatic N) is 4. The fraction of sp³-hybridized carbons (Fsp3) is 0. The van der Waals surface area contributed by atoms with Gasteiger partial charge in [0, 0.05) is 43.6 Å². The third-order valence-electron chi connectivity index (χ3n) is 9.87. The molecule has 0 unspecified atom stereocenters. The Morgan fingerprint density at radius 1 is 0.429 bits per heavy atom. The van der Waals surface area contributed by atoms with Gasteiger partial charge in [0.1, 0.15) is 11.3 Å². The number of furan rings is 1. The maximum atomic E-state index is 6.92. The molecule has 11 aromatic rings. The standard InChI is InChI=1S/C44H26N4O/c1-3-15-27(16-4-1)40-44(46-33-23-11-10-22-32(33)45-40)48-35-25-13-7-19-29(35)37-38-31-21-9-14-26-36(31)49-43(38)42-39(41(37)48)30-20-8-12-24-34(30)47(42)28-17-5-2-6-18-28/h1-26H. The van der Waals surface area contributed by atoms with E-state index in [1.54, 1.807) is 0 Å². The number of benzene rings is 7. The van der Waals surface area contributed by atoms with Crippen molar-refractivity contribution in [2.24, 2.45) is 0 Å². The number of aromatic nitrogens is 4. The summed E-state index contributed by atoms with van der Waals surface area (Å²) in [7, 11) is 0. The van der Waals surface area contributed by atoms with Crippen molar-refractivity contribution in [1.29, 1.82) is 0 Å². The number of rotatable bonds is 3. The summed E-state index contributed by atoms with van der Waals surface area (Å²) in [6, 6.07) is 54.9. The molecule has 0 aliphatic heterocycles. The zero-order valence-corrected chi connectivity index (χ0v) is 26.2. The first kappa shape index (κ1) is 26.4. The highest BCUT2D eigenvalue weighted by Crippen LogP contribution is 2.49. The first-order valence-corrected chi connectivity index (χ1v) is 16.5. The molecular formula is C44H26N4O. The molecule has 4 heterocycles. The summed E-state index contributed by atoms with van der Waals surface area (Å²) in [5, 5.41) is 6.74. The Bertz CT molecular complexity index is 3100. The van der Waals surface area contributed by atoms with Crippen LogP contribution in [0, 0.1) is 0 Å². The molecule has 0 radical (unpaired) electrons. The van der Waals surface area contributed by atoms with E-state index in [4.69, 9.17) is 14.4 Å². The SMILES string of the molecule is c1ccc(-c2nc3ccccc3nc2-n2c3ccccc3c3c4c5ccccc5oc4c4c(c5ccccc5n4-c4ccccc4)c32)cc1. The second kappa shape index (κ2) is 9.89. The van der Waals surface area contributed by atoms with Crippen molar-refractivity contribution in [3.05, 3.63) is 158 Å². The first-order valence-electron chi connectivity index (χ1n) is 16.5. The molecule has 4 aromatic heterocycles. The lowest BCUT2D eigenvalue weighted by Gasteiger charge is -2.14. The van der Waals surface area contributed by atoms with Gasteiger partial charge < -0.3 is 8.98 Å². The summed E-state index contributed by atoms with van der Waals surface area (Å²) in [6.07, 6.45) is 0. The van der Waals surface area contributed by atoms with Gasteiger partial charge in [0.15, 0.2) is 11.4 Å². The van der Waals surface area contributed by atoms with Crippen molar-refractivity contribution in [2.75, 3.05) is 0 Å². The Labute approximate surface area is 279 Å². The van der Waals surface area contributed by atoms with Gasteiger partial charge in [0.2, 0.25) is 0 Å². The molecule has 0 saturated heterocycles. The highest BCUT2D eigenvalue weighted by Gasteiger charge is 2.29. The van der Waals surface area contributed by atoms with Crippen LogP contribution in [0.2, 0.25) is 0 Å². The van der Waals surface area contributed by atoms with Gasteiger partial charge in [-0.15, -0.1) is 0 Å². The van der Waals surface area contributed by atoms with Gasteiger partial charge in [-0.3, -0.25) is 4.57 Å². The van der Waals surface area contributed by atoms with E-state index < -0.39 is 0 Å². The zero-order valence-electron chi connectivity index (χ0n) is 26.2. The van der Waals surface area contributed by atoms with Crippen molar-refractivity contribution in [3.8, 4) is 22.8 Å². The van der Waals surface area contributed by atoms with E-state index in [-0.39, 0.29) is 0 Å². The largest absolute Gasteiger partial charge is 0.454 e. The minimum atomic E-state index is 0.793. The maximum Gasteiger partial charge on any atom is 0.165 e. The number of para-hydroxylation sites is 6. The van der Waals surface area contributed by atoms with Crippen molar-refractivity contribution in [1.82, 2.24) is 19.1 Å². The molecule has 5 heteroatoms. The van der Waals surface area contributed by atoms with Crippen LogP contribution in [0.1, 0.15) is 0 Å². The van der Waals surface area contributed by atoms with Gasteiger partial charge in [-0.2, -0.15) is 0 Å². The maximum absolute atomic E-state index is 6.92. The molecule has 0 aliphatic rings. The Kier molecular flexibility index (Phi) is 5.32. The van der Waals surface area contributed by atoms with Crippen LogP contribution in [0.3, 0.4) is 0 Å². The average Bonchev–Trinajstić information content (AvgIpc) is 3.83. The van der Waals surface area contributed by atoms with Crippen LogP contribution < -0.4 is 0 Å². The minimum Gasteiger partial charge on any atom is -0.454 e. The van der Waals surface area contributed by atoms with Crippen LogP contribution in [0.15, 0.2) is 162 Å². The molecule has 5 nitrogen and oxygen atoms in total. The van der Waals surface area contributed by atoms with E-state index in [0.29, 0.717) is 0 Å². The van der Waals surface area contributed by atoms with Crippen LogP contribution >= 0.6 is 0 Å². The summed E-state index contributed by atoms with van der Waals surface area (Å²) in [5.74, 6) is 0.793. The molecule has 0 atom stereocenters. The third kappa shape index (κ3) is 3.59. The molecule has 0 fully saturated rings. The van der Waals surface area contributed by atoms with Gasteiger partial charge in [-0.1, -0.05) is 115 Å². The second-order valence-electron chi connectivity index (χ2n) is 12.5. The summed E-state index contributed by atoms with van der Waals surface area (Å²) in [4.78, 5) is 10.8. The molecule has 0 saturated carbocycles. The van der Waals surface area contributed by atoms with Crippen molar-refractivity contribution in [2.45, 2.75) is 0 Å². The molecule has 228 valence electrons. The Morgan fingerprint density at radius 3 is 1.76 bits per heavy atom. The topological polar surface area (TPSA) is 48.8 Å². The van der Waals surface area contributed by atoms with Crippen LogP contribution in [0.25, 0.3) is 99.3 Å². The first-order chi connectivity index (χ1) is 24.3. The zero-order chi connectivity index (χ0) is 32.1. The molecule has 0 bridgehead atoms. The monoisotopic (exact) mass is 626 g/mol. The molecule has 0 aliphatic carbocycles. The van der Waals surface area contributed by atoms with Gasteiger partial charge >= 0.3 is 0 Å². The predicted molar refractivity (Wildman–Crippen MR) is 201 cm³/mol. The number of hydrogen-bond acceptors (Lipinski definition) is 3. The molecule has 0 amide bonds. The molecular weight excluding hydrogens is 601 g/mol. The lowest BCUT2D eigenvalue weighted by atomic mass is 10.0. The molecule has 0 N–H and O–H groups in total. The Balaban J connectivity index is 1.47. The molecule has 0 spiro atoms. The van der Waals surface area contributed by atoms with E-state index in [9.17, 15) is 0 Å². The van der Waals surface area contributed by atoms with Crippen LogP contribution in [-0.4, -0.2) is 19.1 Å². The summed E-state index contributed by atoms with van der Waals surface area (Å²) in [5.41, 5.74) is 10.7. The predicted octanol–water partition coefficient (Wildman–Crippen LogP) is 11.4. The second-order valence-corrected chi connectivity index (χ2v) is 12.5.